The fourth-order valence-electron chi connectivity index (χ4n) is 8.20. The maximum atomic E-state index is 10.1. The van der Waals surface area contributed by atoms with Gasteiger partial charge in [0.2, 0.25) is 0 Å². The van der Waals surface area contributed by atoms with E-state index in [1.807, 2.05) is 18.2 Å². The van der Waals surface area contributed by atoms with Crippen molar-refractivity contribution in [1.29, 1.82) is 0 Å². The number of nitrogens with zero attached hydrogens (tertiary/aromatic N) is 1. The third kappa shape index (κ3) is 2.93. The Morgan fingerprint density at radius 1 is 0.906 bits per heavy atom. The number of rotatable bonds is 2. The first-order chi connectivity index (χ1) is 15.6. The van der Waals surface area contributed by atoms with Gasteiger partial charge < -0.3 is 19.9 Å². The first-order valence-electron chi connectivity index (χ1n) is 12.7. The van der Waals surface area contributed by atoms with Crippen LogP contribution >= 0.6 is 0 Å². The largest absolute Gasteiger partial charge is 0.506 e. The monoisotopic (exact) mass is 434 g/mol. The average molecular weight is 435 g/mol. The Morgan fingerprint density at radius 2 is 1.59 bits per heavy atom. The van der Waals surface area contributed by atoms with E-state index in [9.17, 15) is 5.11 Å². The Bertz CT molecular complexity index is 989. The Kier molecular flexibility index (Phi) is 4.33. The summed E-state index contributed by atoms with van der Waals surface area (Å²) in [6.45, 7) is 1.85. The molecule has 0 radical (unpaired) electrons. The summed E-state index contributed by atoms with van der Waals surface area (Å²) in [5.41, 5.74) is 2.01. The first-order valence-corrected chi connectivity index (χ1v) is 12.7. The number of hydrogen-bond acceptors (Lipinski definition) is 5. The molecular weight excluding hydrogens is 400 g/mol. The SMILES string of the molecule is Oc1ccc(NC2CCC3(CC2)OCC2(CO3)C3CC4CC(C3)CC2C4)c2cccnc12. The minimum Gasteiger partial charge on any atom is -0.506 e. The van der Waals surface area contributed by atoms with Crippen molar-refractivity contribution >= 4 is 16.6 Å². The zero-order chi connectivity index (χ0) is 21.3. The van der Waals surface area contributed by atoms with Gasteiger partial charge in [0.05, 0.1) is 13.2 Å². The lowest BCUT2D eigenvalue weighted by Gasteiger charge is -2.63. The number of ether oxygens (including phenoxy) is 2. The number of anilines is 1. The molecule has 1 aliphatic heterocycles. The van der Waals surface area contributed by atoms with Crippen molar-refractivity contribution in [2.24, 2.45) is 29.1 Å². The fraction of sp³-hybridized carbons (Fsp3) is 0.667. The topological polar surface area (TPSA) is 63.6 Å². The Balaban J connectivity index is 1.02. The molecule has 170 valence electrons. The van der Waals surface area contributed by atoms with Crippen LogP contribution in [0.25, 0.3) is 10.9 Å². The number of fused-ring (bicyclic) bond motifs is 1. The smallest absolute Gasteiger partial charge is 0.168 e. The summed E-state index contributed by atoms with van der Waals surface area (Å²) in [5.74, 6) is 3.53. The van der Waals surface area contributed by atoms with Crippen molar-refractivity contribution < 1.29 is 14.6 Å². The zero-order valence-corrected chi connectivity index (χ0v) is 18.8. The minimum absolute atomic E-state index is 0.233. The van der Waals surface area contributed by atoms with Crippen LogP contribution in [0.15, 0.2) is 30.5 Å². The van der Waals surface area contributed by atoms with Gasteiger partial charge in [-0.05, 0) is 92.9 Å². The molecule has 6 aliphatic rings. The van der Waals surface area contributed by atoms with Gasteiger partial charge >= 0.3 is 0 Å². The van der Waals surface area contributed by atoms with Crippen molar-refractivity contribution in [3.63, 3.8) is 0 Å². The number of phenols is 1. The van der Waals surface area contributed by atoms with Crippen molar-refractivity contribution in [3.05, 3.63) is 30.5 Å². The second kappa shape index (κ2) is 7.07. The third-order valence-corrected chi connectivity index (χ3v) is 9.83. The molecule has 2 aromatic rings. The molecule has 0 unspecified atom stereocenters. The van der Waals surface area contributed by atoms with Gasteiger partial charge in [-0.1, -0.05) is 0 Å². The number of hydrogen-bond donors (Lipinski definition) is 2. The van der Waals surface area contributed by atoms with Crippen LogP contribution < -0.4 is 5.32 Å². The zero-order valence-electron chi connectivity index (χ0n) is 18.8. The molecule has 4 bridgehead atoms. The van der Waals surface area contributed by atoms with E-state index in [1.54, 1.807) is 12.3 Å². The van der Waals surface area contributed by atoms with Crippen molar-refractivity contribution in [1.82, 2.24) is 4.98 Å². The van der Waals surface area contributed by atoms with E-state index in [4.69, 9.17) is 9.47 Å². The maximum Gasteiger partial charge on any atom is 0.168 e. The van der Waals surface area contributed by atoms with Gasteiger partial charge in [0.15, 0.2) is 5.79 Å². The number of aromatic hydroxyl groups is 1. The second-order valence-corrected chi connectivity index (χ2v) is 11.5. The summed E-state index contributed by atoms with van der Waals surface area (Å²) in [6.07, 6.45) is 12.9. The number of pyridine rings is 1. The summed E-state index contributed by atoms with van der Waals surface area (Å²) in [5, 5.41) is 14.8. The average Bonchev–Trinajstić information content (AvgIpc) is 2.82. The normalized spacial score (nSPS) is 42.7. The van der Waals surface area contributed by atoms with Crippen molar-refractivity contribution in [2.75, 3.05) is 18.5 Å². The molecule has 1 saturated heterocycles. The Labute approximate surface area is 189 Å². The van der Waals surface area contributed by atoms with Crippen LogP contribution in [0, 0.1) is 29.1 Å². The molecule has 6 fully saturated rings. The summed E-state index contributed by atoms with van der Waals surface area (Å²) in [4.78, 5) is 4.35. The summed E-state index contributed by atoms with van der Waals surface area (Å²) >= 11 is 0. The van der Waals surface area contributed by atoms with Crippen molar-refractivity contribution in [3.8, 4) is 5.75 Å². The summed E-state index contributed by atoms with van der Waals surface area (Å²) < 4.78 is 13.4. The number of phenolic OH excluding ortho intramolecular Hbond substituents is 1. The summed E-state index contributed by atoms with van der Waals surface area (Å²) in [7, 11) is 0. The molecular formula is C27H34N2O3. The van der Waals surface area contributed by atoms with Crippen LogP contribution in [-0.4, -0.2) is 35.1 Å². The highest BCUT2D eigenvalue weighted by Crippen LogP contribution is 2.64. The predicted molar refractivity (Wildman–Crippen MR) is 123 cm³/mol. The highest BCUT2D eigenvalue weighted by molar-refractivity contribution is 5.95. The van der Waals surface area contributed by atoms with Gasteiger partial charge in [-0.2, -0.15) is 0 Å². The number of aromatic nitrogens is 1. The van der Waals surface area contributed by atoms with Crippen LogP contribution in [-0.2, 0) is 9.47 Å². The molecule has 1 aromatic heterocycles. The van der Waals surface area contributed by atoms with Gasteiger partial charge in [-0.25, -0.2) is 0 Å². The molecule has 5 heteroatoms. The van der Waals surface area contributed by atoms with E-state index in [-0.39, 0.29) is 11.5 Å². The van der Waals surface area contributed by atoms with E-state index < -0.39 is 0 Å². The Hall–Kier alpha value is -1.85. The maximum absolute atomic E-state index is 10.1. The van der Waals surface area contributed by atoms with Gasteiger partial charge in [-0.15, -0.1) is 0 Å². The highest BCUT2D eigenvalue weighted by atomic mass is 16.7. The van der Waals surface area contributed by atoms with Gasteiger partial charge in [-0.3, -0.25) is 4.98 Å². The Morgan fingerprint density at radius 3 is 2.28 bits per heavy atom. The van der Waals surface area contributed by atoms with E-state index in [0.717, 1.165) is 73.6 Å². The van der Waals surface area contributed by atoms with Crippen LogP contribution in [0.5, 0.6) is 5.75 Å². The molecule has 8 rings (SSSR count). The molecule has 2 heterocycles. The van der Waals surface area contributed by atoms with Gasteiger partial charge in [0.1, 0.15) is 11.3 Å². The van der Waals surface area contributed by atoms with Crippen LogP contribution in [0.3, 0.4) is 0 Å². The minimum atomic E-state index is -0.364. The van der Waals surface area contributed by atoms with E-state index in [1.165, 1.54) is 32.1 Å². The van der Waals surface area contributed by atoms with Crippen LogP contribution in [0.1, 0.15) is 57.8 Å². The number of nitrogens with one attached hydrogen (secondary N) is 1. The predicted octanol–water partition coefficient (Wildman–Crippen LogP) is 5.48. The molecule has 5 aliphatic carbocycles. The second-order valence-electron chi connectivity index (χ2n) is 11.5. The molecule has 5 saturated carbocycles. The van der Waals surface area contributed by atoms with E-state index >= 15 is 0 Å². The number of benzene rings is 1. The third-order valence-electron chi connectivity index (χ3n) is 9.83. The lowest BCUT2D eigenvalue weighted by Crippen LogP contribution is -2.62. The van der Waals surface area contributed by atoms with Crippen LogP contribution in [0.2, 0.25) is 0 Å². The molecule has 0 atom stereocenters. The lowest BCUT2D eigenvalue weighted by molar-refractivity contribution is -0.345. The van der Waals surface area contributed by atoms with E-state index in [0.29, 0.717) is 17.0 Å². The van der Waals surface area contributed by atoms with E-state index in [2.05, 4.69) is 10.3 Å². The molecule has 2 N–H and O–H groups in total. The standard InChI is InChI=1S/C27H34N2O3/c30-24-4-3-23(22-2-1-9-28-25(22)24)29-21-5-7-27(8-6-21)31-15-26(16-32-27)19-11-17-10-18(13-19)14-20(26)12-17/h1-4,9,17-21,29-30H,5-8,10-16H2. The quantitative estimate of drug-likeness (QED) is 0.613. The molecule has 2 spiro atoms. The summed E-state index contributed by atoms with van der Waals surface area (Å²) in [6, 6.07) is 8.03. The molecule has 1 aromatic carbocycles. The highest BCUT2D eigenvalue weighted by Gasteiger charge is 2.60. The van der Waals surface area contributed by atoms with Gasteiger partial charge in [0.25, 0.3) is 0 Å². The lowest BCUT2D eigenvalue weighted by atomic mass is 9.45. The van der Waals surface area contributed by atoms with Gasteiger partial charge in [0, 0.05) is 41.6 Å². The van der Waals surface area contributed by atoms with Crippen molar-refractivity contribution in [2.45, 2.75) is 69.6 Å². The van der Waals surface area contributed by atoms with Crippen LogP contribution in [0.4, 0.5) is 5.69 Å². The first kappa shape index (κ1) is 19.6. The molecule has 0 amide bonds. The molecule has 5 nitrogen and oxygen atoms in total. The fourth-order valence-corrected chi connectivity index (χ4v) is 8.20. The molecule has 32 heavy (non-hydrogen) atoms.